The van der Waals surface area contributed by atoms with E-state index < -0.39 is 12.1 Å². The molecule has 0 saturated carbocycles. The molecule has 1 unspecified atom stereocenters. The molecule has 5 heteroatoms. The second-order valence-electron chi connectivity index (χ2n) is 1.57. The molecule has 1 rings (SSSR count). The summed E-state index contributed by atoms with van der Waals surface area (Å²) in [5.74, 6) is -1.14. The van der Waals surface area contributed by atoms with Crippen molar-refractivity contribution in [3.05, 3.63) is 0 Å². The van der Waals surface area contributed by atoms with E-state index in [0.717, 1.165) is 0 Å². The van der Waals surface area contributed by atoms with Crippen LogP contribution in [0.1, 0.15) is 0 Å². The van der Waals surface area contributed by atoms with Gasteiger partial charge in [-0.2, -0.15) is 0 Å². The average Bonchev–Trinajstić information content (AvgIpc) is 2.12. The minimum absolute atomic E-state index is 0. The molecule has 1 fully saturated rings. The topological polar surface area (TPSA) is 61.4 Å². The molecule has 0 radical (unpaired) electrons. The molecule has 0 aliphatic carbocycles. The predicted molar refractivity (Wildman–Crippen MR) is 22.7 cm³/mol. The normalized spacial score (nSPS) is 25.1. The molecular formula is C4H6KNO3. The van der Waals surface area contributed by atoms with Gasteiger partial charge in [0.05, 0.1) is 12.7 Å². The van der Waals surface area contributed by atoms with Crippen LogP contribution < -0.4 is 61.8 Å². The van der Waals surface area contributed by atoms with E-state index in [9.17, 15) is 9.90 Å². The van der Waals surface area contributed by atoms with Gasteiger partial charge in [-0.25, -0.2) is 0 Å². The van der Waals surface area contributed by atoms with Gasteiger partial charge >= 0.3 is 51.4 Å². The first kappa shape index (κ1) is 10.0. The minimum Gasteiger partial charge on any atom is -0.547 e. The molecule has 1 aliphatic rings. The Kier molecular flexibility index (Phi) is 5.33. The van der Waals surface area contributed by atoms with Crippen molar-refractivity contribution in [1.29, 1.82) is 0 Å². The van der Waals surface area contributed by atoms with Crippen LogP contribution in [0.5, 0.6) is 0 Å². The van der Waals surface area contributed by atoms with E-state index in [-0.39, 0.29) is 51.4 Å². The Morgan fingerprint density at radius 3 is 2.67 bits per heavy atom. The van der Waals surface area contributed by atoms with E-state index >= 15 is 0 Å². The van der Waals surface area contributed by atoms with Gasteiger partial charge in [-0.3, -0.25) is 5.32 Å². The Balaban J connectivity index is 0.000000640. The van der Waals surface area contributed by atoms with Crippen LogP contribution in [0, 0.1) is 0 Å². The Hall–Kier alpha value is 1.03. The maximum atomic E-state index is 9.93. The molecule has 1 atom stereocenters. The molecule has 0 aromatic rings. The predicted octanol–water partition coefficient (Wildman–Crippen LogP) is -5.31. The summed E-state index contributed by atoms with van der Waals surface area (Å²) in [4.78, 5) is 9.93. The van der Waals surface area contributed by atoms with E-state index in [1.165, 1.54) is 0 Å². The monoisotopic (exact) mass is 155 g/mol. The van der Waals surface area contributed by atoms with Gasteiger partial charge < -0.3 is 14.6 Å². The van der Waals surface area contributed by atoms with Crippen LogP contribution in [-0.4, -0.2) is 25.3 Å². The van der Waals surface area contributed by atoms with Crippen LogP contribution in [0.4, 0.5) is 0 Å². The van der Waals surface area contributed by atoms with E-state index in [4.69, 9.17) is 0 Å². The van der Waals surface area contributed by atoms with Crippen molar-refractivity contribution in [2.45, 2.75) is 6.10 Å². The summed E-state index contributed by atoms with van der Waals surface area (Å²) in [7, 11) is 0. The number of hydrogen-bond acceptors (Lipinski definition) is 4. The van der Waals surface area contributed by atoms with Crippen molar-refractivity contribution < 1.29 is 66.0 Å². The Morgan fingerprint density at radius 1 is 1.78 bits per heavy atom. The first-order valence-corrected chi connectivity index (χ1v) is 2.34. The second-order valence-corrected chi connectivity index (χ2v) is 1.57. The van der Waals surface area contributed by atoms with Crippen LogP contribution in [-0.2, 0) is 9.53 Å². The van der Waals surface area contributed by atoms with Gasteiger partial charge in [-0.1, -0.05) is 0 Å². The van der Waals surface area contributed by atoms with Crippen LogP contribution in [0.25, 0.3) is 0 Å². The fourth-order valence-corrected chi connectivity index (χ4v) is 0.560. The van der Waals surface area contributed by atoms with Crippen LogP contribution in [0.3, 0.4) is 0 Å². The number of carbonyl (C=O) groups excluding carboxylic acids is 1. The molecule has 1 heterocycles. The van der Waals surface area contributed by atoms with Crippen molar-refractivity contribution in [3.8, 4) is 0 Å². The SMILES string of the molecule is O=C([O-])C1CNCO1.[K+]. The average molecular weight is 155 g/mol. The van der Waals surface area contributed by atoms with Crippen molar-refractivity contribution in [1.82, 2.24) is 5.32 Å². The number of carboxylic acid groups (broad SMARTS) is 1. The number of hydrogen-bond donors (Lipinski definition) is 1. The molecule has 46 valence electrons. The molecule has 1 saturated heterocycles. The zero-order chi connectivity index (χ0) is 5.98. The number of carbonyl (C=O) groups is 1. The Morgan fingerprint density at radius 2 is 2.44 bits per heavy atom. The molecule has 0 spiro atoms. The van der Waals surface area contributed by atoms with Gasteiger partial charge in [-0.05, 0) is 0 Å². The van der Waals surface area contributed by atoms with Crippen LogP contribution in [0.2, 0.25) is 0 Å². The first-order valence-electron chi connectivity index (χ1n) is 2.34. The molecular weight excluding hydrogens is 149 g/mol. The van der Waals surface area contributed by atoms with E-state index in [0.29, 0.717) is 13.3 Å². The number of carboxylic acids is 1. The molecule has 4 nitrogen and oxygen atoms in total. The minimum atomic E-state index is -1.14. The summed E-state index contributed by atoms with van der Waals surface area (Å²) < 4.78 is 4.64. The zero-order valence-electron chi connectivity index (χ0n) is 5.22. The zero-order valence-corrected chi connectivity index (χ0v) is 8.34. The van der Waals surface area contributed by atoms with Gasteiger partial charge in [0, 0.05) is 6.54 Å². The fraction of sp³-hybridized carbons (Fsp3) is 0.750. The molecule has 1 aliphatic heterocycles. The van der Waals surface area contributed by atoms with Gasteiger partial charge in [0.1, 0.15) is 6.10 Å². The molecule has 0 amide bonds. The number of nitrogens with one attached hydrogen (secondary N) is 1. The van der Waals surface area contributed by atoms with E-state index in [1.807, 2.05) is 0 Å². The first-order chi connectivity index (χ1) is 3.80. The van der Waals surface area contributed by atoms with Crippen molar-refractivity contribution in [2.24, 2.45) is 0 Å². The fourth-order valence-electron chi connectivity index (χ4n) is 0.560. The Labute approximate surface area is 95.4 Å². The third kappa shape index (κ3) is 3.08. The third-order valence-electron chi connectivity index (χ3n) is 0.979. The molecule has 1 N–H and O–H groups in total. The third-order valence-corrected chi connectivity index (χ3v) is 0.979. The smallest absolute Gasteiger partial charge is 0.547 e. The number of rotatable bonds is 1. The van der Waals surface area contributed by atoms with Gasteiger partial charge in [-0.15, -0.1) is 0 Å². The summed E-state index contributed by atoms with van der Waals surface area (Å²) in [5, 5.41) is 12.6. The summed E-state index contributed by atoms with van der Waals surface area (Å²) in [6, 6.07) is 0. The van der Waals surface area contributed by atoms with Crippen molar-refractivity contribution in [2.75, 3.05) is 13.3 Å². The maximum absolute atomic E-state index is 9.93. The maximum Gasteiger partial charge on any atom is 1.00 e. The van der Waals surface area contributed by atoms with Crippen LogP contribution >= 0.6 is 0 Å². The van der Waals surface area contributed by atoms with Crippen LogP contribution in [0.15, 0.2) is 0 Å². The second kappa shape index (κ2) is 4.78. The van der Waals surface area contributed by atoms with Gasteiger partial charge in [0.2, 0.25) is 0 Å². The van der Waals surface area contributed by atoms with Crippen molar-refractivity contribution >= 4 is 5.97 Å². The van der Waals surface area contributed by atoms with Crippen molar-refractivity contribution in [3.63, 3.8) is 0 Å². The molecule has 0 aromatic heterocycles. The van der Waals surface area contributed by atoms with E-state index in [1.54, 1.807) is 0 Å². The summed E-state index contributed by atoms with van der Waals surface area (Å²) in [5.41, 5.74) is 0. The van der Waals surface area contributed by atoms with Gasteiger partial charge in [0.15, 0.2) is 0 Å². The number of ether oxygens (including phenoxy) is 1. The summed E-state index contributed by atoms with van der Waals surface area (Å²) in [6.45, 7) is 0.682. The van der Waals surface area contributed by atoms with Gasteiger partial charge in [0.25, 0.3) is 0 Å². The largest absolute Gasteiger partial charge is 1.00 e. The number of aliphatic carboxylic acids is 1. The molecule has 0 bridgehead atoms. The Bertz CT molecular complexity index is 102. The molecule has 0 aromatic carbocycles. The standard InChI is InChI=1S/C4H7NO3.K/c6-4(7)3-1-5-2-8-3;/h3,5H,1-2H2,(H,6,7);/q;+1/p-1. The summed E-state index contributed by atoms with van der Waals surface area (Å²) >= 11 is 0. The summed E-state index contributed by atoms with van der Waals surface area (Å²) in [6.07, 6.45) is -0.741. The molecule has 9 heavy (non-hydrogen) atoms. The quantitative estimate of drug-likeness (QED) is 0.384. The van der Waals surface area contributed by atoms with E-state index in [2.05, 4.69) is 10.1 Å².